The van der Waals surface area contributed by atoms with Crippen LogP contribution in [0.5, 0.6) is 0 Å². The molecule has 3 aliphatic carbocycles. The number of nitrogens with one attached hydrogen (secondary N) is 1. The second-order valence-corrected chi connectivity index (χ2v) is 12.4. The standard InChI is InChI=1S/C33H41N5O2/c1-3-22-16-18-23(19-17-22)20-38-28-29(34-21(2)24-12-9-13-24)35-31(33(39)40)36-30(28)37-32(38)27-15-8-7-14-26(27)25-10-5-4-6-11-25/h1,4-6,10-11,21-24,26-27H,7-9,12-20H2,2H3,(H,39,40)(H,34,35,36)/t21-,22?,23?,26?,27?/m1/s1. The molecule has 2 heterocycles. The Kier molecular flexibility index (Phi) is 7.78. The molecule has 0 aliphatic heterocycles. The molecule has 210 valence electrons. The fourth-order valence-corrected chi connectivity index (χ4v) is 7.30. The zero-order chi connectivity index (χ0) is 27.6. The maximum Gasteiger partial charge on any atom is 0.374 e. The van der Waals surface area contributed by atoms with Crippen molar-refractivity contribution in [2.75, 3.05) is 5.32 Å². The van der Waals surface area contributed by atoms with Gasteiger partial charge in [0.15, 0.2) is 11.5 Å². The van der Waals surface area contributed by atoms with Crippen molar-refractivity contribution in [2.45, 2.75) is 102 Å². The van der Waals surface area contributed by atoms with Crippen molar-refractivity contribution in [1.29, 1.82) is 0 Å². The van der Waals surface area contributed by atoms with Gasteiger partial charge in [0.05, 0.1) is 0 Å². The second kappa shape index (κ2) is 11.6. The number of carbonyl (C=O) groups is 1. The number of hydrogen-bond acceptors (Lipinski definition) is 5. The smallest absolute Gasteiger partial charge is 0.374 e. The van der Waals surface area contributed by atoms with Gasteiger partial charge in [-0.05, 0) is 81.6 Å². The van der Waals surface area contributed by atoms with Gasteiger partial charge in [-0.3, -0.25) is 0 Å². The summed E-state index contributed by atoms with van der Waals surface area (Å²) in [7, 11) is 0. The number of aromatic nitrogens is 4. The molecule has 2 aromatic heterocycles. The molecule has 0 spiro atoms. The summed E-state index contributed by atoms with van der Waals surface area (Å²) in [6.45, 7) is 3.02. The Morgan fingerprint density at radius 3 is 2.38 bits per heavy atom. The molecule has 3 aromatic rings. The molecule has 0 amide bonds. The van der Waals surface area contributed by atoms with E-state index in [2.05, 4.69) is 63.0 Å². The van der Waals surface area contributed by atoms with Gasteiger partial charge >= 0.3 is 5.97 Å². The number of imidazole rings is 1. The molecule has 0 radical (unpaired) electrons. The quantitative estimate of drug-likeness (QED) is 0.299. The van der Waals surface area contributed by atoms with Gasteiger partial charge in [0, 0.05) is 24.4 Å². The van der Waals surface area contributed by atoms with E-state index in [1.165, 1.54) is 37.7 Å². The van der Waals surface area contributed by atoms with E-state index < -0.39 is 5.97 Å². The highest BCUT2D eigenvalue weighted by molar-refractivity contribution is 5.90. The fraction of sp³-hybridized carbons (Fsp3) is 0.576. The third-order valence-electron chi connectivity index (χ3n) is 9.89. The van der Waals surface area contributed by atoms with Gasteiger partial charge in [-0.15, -0.1) is 12.3 Å². The maximum atomic E-state index is 12.1. The Morgan fingerprint density at radius 2 is 1.73 bits per heavy atom. The molecule has 0 saturated heterocycles. The van der Waals surface area contributed by atoms with Crippen LogP contribution in [0.3, 0.4) is 0 Å². The summed E-state index contributed by atoms with van der Waals surface area (Å²) in [5, 5.41) is 13.5. The predicted octanol–water partition coefficient (Wildman–Crippen LogP) is 7.01. The van der Waals surface area contributed by atoms with Gasteiger partial charge in [-0.2, -0.15) is 0 Å². The number of rotatable bonds is 8. The Morgan fingerprint density at radius 1 is 1.00 bits per heavy atom. The summed E-state index contributed by atoms with van der Waals surface area (Å²) in [5.41, 5.74) is 2.72. The molecular weight excluding hydrogens is 498 g/mol. The van der Waals surface area contributed by atoms with Gasteiger partial charge in [0.1, 0.15) is 11.3 Å². The lowest BCUT2D eigenvalue weighted by Gasteiger charge is -2.34. The molecular formula is C33H41N5O2. The van der Waals surface area contributed by atoms with Crippen LogP contribution in [0, 0.1) is 30.1 Å². The number of anilines is 1. The van der Waals surface area contributed by atoms with Gasteiger partial charge in [-0.25, -0.2) is 19.7 Å². The number of aromatic carboxylic acids is 1. The summed E-state index contributed by atoms with van der Waals surface area (Å²) >= 11 is 0. The summed E-state index contributed by atoms with van der Waals surface area (Å²) in [6, 6.07) is 11.0. The van der Waals surface area contributed by atoms with Crippen molar-refractivity contribution >= 4 is 23.0 Å². The first-order chi connectivity index (χ1) is 19.5. The van der Waals surface area contributed by atoms with Crippen LogP contribution in [0.1, 0.15) is 111 Å². The molecule has 3 fully saturated rings. The minimum absolute atomic E-state index is 0.190. The number of carboxylic acid groups (broad SMARTS) is 1. The SMILES string of the molecule is C#CC1CCC(Cn2c(C3CCCCC3c3ccccc3)nc3nc(C(=O)O)nc(N[C@H](C)C4CCC4)c32)CC1. The summed E-state index contributed by atoms with van der Waals surface area (Å²) < 4.78 is 2.38. The normalized spacial score (nSPS) is 26.1. The van der Waals surface area contributed by atoms with Crippen molar-refractivity contribution < 1.29 is 9.90 Å². The lowest BCUT2D eigenvalue weighted by molar-refractivity contribution is 0.0684. The molecule has 2 unspecified atom stereocenters. The molecule has 3 atom stereocenters. The minimum Gasteiger partial charge on any atom is -0.475 e. The van der Waals surface area contributed by atoms with Gasteiger partial charge in [-0.1, -0.05) is 49.6 Å². The molecule has 3 aliphatic rings. The molecule has 6 rings (SSSR count). The highest BCUT2D eigenvalue weighted by Gasteiger charge is 2.35. The van der Waals surface area contributed by atoms with Gasteiger partial charge in [0.25, 0.3) is 0 Å². The largest absolute Gasteiger partial charge is 0.475 e. The number of carboxylic acids is 1. The Labute approximate surface area is 237 Å². The van der Waals surface area contributed by atoms with Crippen LogP contribution in [-0.2, 0) is 6.54 Å². The first-order valence-corrected chi connectivity index (χ1v) is 15.3. The fourth-order valence-electron chi connectivity index (χ4n) is 7.30. The molecule has 40 heavy (non-hydrogen) atoms. The summed E-state index contributed by atoms with van der Waals surface area (Å²) in [5.74, 6) is 5.38. The van der Waals surface area contributed by atoms with Crippen molar-refractivity contribution in [3.05, 3.63) is 47.5 Å². The Balaban J connectivity index is 1.46. The van der Waals surface area contributed by atoms with E-state index in [0.717, 1.165) is 56.4 Å². The lowest BCUT2D eigenvalue weighted by atomic mass is 9.75. The average molecular weight is 540 g/mol. The first-order valence-electron chi connectivity index (χ1n) is 15.3. The monoisotopic (exact) mass is 539 g/mol. The van der Waals surface area contributed by atoms with Crippen molar-refractivity contribution in [1.82, 2.24) is 19.5 Å². The Bertz CT molecular complexity index is 1380. The van der Waals surface area contributed by atoms with Crippen LogP contribution in [0.2, 0.25) is 0 Å². The highest BCUT2D eigenvalue weighted by atomic mass is 16.4. The number of fused-ring (bicyclic) bond motifs is 1. The highest BCUT2D eigenvalue weighted by Crippen LogP contribution is 2.45. The third-order valence-corrected chi connectivity index (χ3v) is 9.89. The summed E-state index contributed by atoms with van der Waals surface area (Å²) in [6.07, 6.45) is 18.3. The zero-order valence-corrected chi connectivity index (χ0v) is 23.6. The van der Waals surface area contributed by atoms with Crippen molar-refractivity contribution in [3.63, 3.8) is 0 Å². The van der Waals surface area contributed by atoms with E-state index in [4.69, 9.17) is 11.4 Å². The van der Waals surface area contributed by atoms with Crippen LogP contribution in [0.4, 0.5) is 5.82 Å². The maximum absolute atomic E-state index is 12.1. The first kappa shape index (κ1) is 26.8. The second-order valence-electron chi connectivity index (χ2n) is 12.4. The van der Waals surface area contributed by atoms with Crippen LogP contribution in [0.15, 0.2) is 30.3 Å². The van der Waals surface area contributed by atoms with E-state index in [-0.39, 0.29) is 17.8 Å². The van der Waals surface area contributed by atoms with E-state index >= 15 is 0 Å². The molecule has 7 nitrogen and oxygen atoms in total. The van der Waals surface area contributed by atoms with Crippen molar-refractivity contribution in [2.24, 2.45) is 17.8 Å². The van der Waals surface area contributed by atoms with Crippen LogP contribution < -0.4 is 5.32 Å². The summed E-state index contributed by atoms with van der Waals surface area (Å²) in [4.78, 5) is 26.4. The van der Waals surface area contributed by atoms with E-state index in [1.54, 1.807) is 0 Å². The average Bonchev–Trinajstić information content (AvgIpc) is 3.31. The van der Waals surface area contributed by atoms with E-state index in [9.17, 15) is 9.90 Å². The number of benzene rings is 1. The minimum atomic E-state index is -1.12. The molecule has 2 N–H and O–H groups in total. The third kappa shape index (κ3) is 5.33. The molecule has 0 bridgehead atoms. The van der Waals surface area contributed by atoms with E-state index in [1.807, 2.05) is 0 Å². The van der Waals surface area contributed by atoms with Crippen molar-refractivity contribution in [3.8, 4) is 12.3 Å². The number of terminal acetylenes is 1. The van der Waals surface area contributed by atoms with Gasteiger partial charge in [0.2, 0.25) is 5.82 Å². The number of hydrogen-bond donors (Lipinski definition) is 2. The topological polar surface area (TPSA) is 92.9 Å². The Hall–Kier alpha value is -3.40. The lowest BCUT2D eigenvalue weighted by Crippen LogP contribution is -2.31. The zero-order valence-electron chi connectivity index (χ0n) is 23.6. The van der Waals surface area contributed by atoms with Crippen LogP contribution in [-0.4, -0.2) is 36.6 Å². The molecule has 1 aromatic carbocycles. The van der Waals surface area contributed by atoms with E-state index in [0.29, 0.717) is 35.1 Å². The van der Waals surface area contributed by atoms with Crippen LogP contribution >= 0.6 is 0 Å². The number of nitrogens with zero attached hydrogens (tertiary/aromatic N) is 4. The molecule has 7 heteroatoms. The van der Waals surface area contributed by atoms with Crippen LogP contribution in [0.25, 0.3) is 11.2 Å². The molecule has 3 saturated carbocycles. The predicted molar refractivity (Wildman–Crippen MR) is 157 cm³/mol. The van der Waals surface area contributed by atoms with Gasteiger partial charge < -0.3 is 15.0 Å².